The van der Waals surface area contributed by atoms with Crippen molar-refractivity contribution >= 4 is 7.85 Å². The predicted molar refractivity (Wildman–Crippen MR) is 120 cm³/mol. The van der Waals surface area contributed by atoms with E-state index in [0.717, 1.165) is 18.5 Å². The van der Waals surface area contributed by atoms with Crippen molar-refractivity contribution in [1.82, 2.24) is 4.98 Å². The fourth-order valence-electron chi connectivity index (χ4n) is 4.29. The molecule has 2 aromatic carbocycles. The summed E-state index contributed by atoms with van der Waals surface area (Å²) in [4.78, 5) is 4.61. The van der Waals surface area contributed by atoms with Gasteiger partial charge in [-0.1, -0.05) is 75.2 Å². The third kappa shape index (κ3) is 3.78. The molecule has 1 heterocycles. The van der Waals surface area contributed by atoms with E-state index < -0.39 is 0 Å². The van der Waals surface area contributed by atoms with Crippen molar-refractivity contribution in [2.45, 2.75) is 51.8 Å². The van der Waals surface area contributed by atoms with Crippen molar-refractivity contribution < 1.29 is 0 Å². The van der Waals surface area contributed by atoms with E-state index in [1.807, 2.05) is 6.20 Å². The van der Waals surface area contributed by atoms with E-state index in [1.54, 1.807) is 0 Å². The molecule has 1 aliphatic rings. The highest BCUT2D eigenvalue weighted by atomic mass is 14.7. The second-order valence-corrected chi connectivity index (χ2v) is 9.15. The lowest BCUT2D eigenvalue weighted by atomic mass is 9.53. The molecule has 0 spiro atoms. The molecule has 3 aromatic rings. The van der Waals surface area contributed by atoms with Crippen molar-refractivity contribution in [3.8, 4) is 22.4 Å². The van der Waals surface area contributed by atoms with Crippen molar-refractivity contribution in [3.63, 3.8) is 0 Å². The number of aryl methyl sites for hydroxylation is 1. The average molecular weight is 365 g/mol. The maximum absolute atomic E-state index is 6.88. The van der Waals surface area contributed by atoms with Gasteiger partial charge in [-0.05, 0) is 64.9 Å². The van der Waals surface area contributed by atoms with Gasteiger partial charge in [-0.15, -0.1) is 0 Å². The molecular weight excluding hydrogens is 337 g/mol. The van der Waals surface area contributed by atoms with Crippen LogP contribution in [0.1, 0.15) is 50.7 Å². The lowest BCUT2D eigenvalue weighted by Gasteiger charge is -2.42. The van der Waals surface area contributed by atoms with Gasteiger partial charge in [0.05, 0.1) is 13.5 Å². The summed E-state index contributed by atoms with van der Waals surface area (Å²) in [7, 11) is 6.88. The van der Waals surface area contributed by atoms with E-state index >= 15 is 0 Å². The molecule has 0 aliphatic heterocycles. The Hall–Kier alpha value is -2.35. The van der Waals surface area contributed by atoms with Crippen LogP contribution in [-0.2, 0) is 5.31 Å². The van der Waals surface area contributed by atoms with Crippen LogP contribution in [0.2, 0.25) is 0 Å². The zero-order chi connectivity index (χ0) is 19.8. The number of aromatic nitrogens is 1. The minimum absolute atomic E-state index is 0.211. The second kappa shape index (κ2) is 7.24. The van der Waals surface area contributed by atoms with Crippen LogP contribution in [-0.4, -0.2) is 12.8 Å². The number of hydrogen-bond donors (Lipinski definition) is 0. The van der Waals surface area contributed by atoms with Crippen LogP contribution in [0.3, 0.4) is 0 Å². The molecule has 2 radical (unpaired) electrons. The third-order valence-electron chi connectivity index (χ3n) is 6.45. The second-order valence-electron chi connectivity index (χ2n) is 9.15. The summed E-state index contributed by atoms with van der Waals surface area (Å²) in [6.07, 6.45) is 6.37. The molecule has 140 valence electrons. The van der Waals surface area contributed by atoms with E-state index in [-0.39, 0.29) is 5.31 Å². The first-order chi connectivity index (χ1) is 13.4. The Labute approximate surface area is 170 Å². The van der Waals surface area contributed by atoms with Crippen LogP contribution in [0.5, 0.6) is 0 Å². The molecular formula is C26H28BN. The molecule has 0 bridgehead atoms. The lowest BCUT2D eigenvalue weighted by molar-refractivity contribution is 0.206. The smallest absolute Gasteiger partial charge is 0.0810 e. The molecule has 2 heteroatoms. The standard InChI is InChI=1S/C26H28BN/c1-19-7-4-5-10-23(19)24-18-21(11-16-28-24)20-8-6-9-22(17-20)26(27)14-12-25(2,3)13-15-26/h4-11,16-18H,12-15H2,1-3H3. The first kappa shape index (κ1) is 19.0. The third-order valence-corrected chi connectivity index (χ3v) is 6.45. The number of rotatable bonds is 3. The van der Waals surface area contributed by atoms with Gasteiger partial charge < -0.3 is 0 Å². The van der Waals surface area contributed by atoms with Crippen LogP contribution in [0.4, 0.5) is 0 Å². The van der Waals surface area contributed by atoms with E-state index in [0.29, 0.717) is 5.41 Å². The molecule has 1 fully saturated rings. The van der Waals surface area contributed by atoms with Gasteiger partial charge in [0.15, 0.2) is 0 Å². The normalized spacial score (nSPS) is 18.0. The van der Waals surface area contributed by atoms with Crippen LogP contribution in [0.25, 0.3) is 22.4 Å². The minimum atomic E-state index is -0.211. The van der Waals surface area contributed by atoms with Gasteiger partial charge in [0, 0.05) is 11.8 Å². The molecule has 28 heavy (non-hydrogen) atoms. The number of hydrogen-bond acceptors (Lipinski definition) is 1. The van der Waals surface area contributed by atoms with Crippen molar-refractivity contribution in [1.29, 1.82) is 0 Å². The Balaban J connectivity index is 1.67. The van der Waals surface area contributed by atoms with Crippen LogP contribution in [0.15, 0.2) is 66.9 Å². The van der Waals surface area contributed by atoms with Crippen molar-refractivity contribution in [2.24, 2.45) is 5.41 Å². The van der Waals surface area contributed by atoms with Crippen LogP contribution in [0, 0.1) is 12.3 Å². The van der Waals surface area contributed by atoms with Gasteiger partial charge in [0.2, 0.25) is 0 Å². The van der Waals surface area contributed by atoms with Crippen molar-refractivity contribution in [3.05, 3.63) is 78.0 Å². The van der Waals surface area contributed by atoms with Gasteiger partial charge in [0.1, 0.15) is 0 Å². The quantitative estimate of drug-likeness (QED) is 0.471. The molecule has 1 aliphatic carbocycles. The highest BCUT2D eigenvalue weighted by Crippen LogP contribution is 2.45. The molecule has 0 saturated heterocycles. The van der Waals surface area contributed by atoms with E-state index in [2.05, 4.69) is 86.4 Å². The van der Waals surface area contributed by atoms with Gasteiger partial charge in [-0.2, -0.15) is 0 Å². The maximum Gasteiger partial charge on any atom is 0.0810 e. The number of nitrogens with zero attached hydrogens (tertiary/aromatic N) is 1. The summed E-state index contributed by atoms with van der Waals surface area (Å²) in [5, 5.41) is -0.211. The largest absolute Gasteiger partial charge is 0.256 e. The summed E-state index contributed by atoms with van der Waals surface area (Å²) in [6, 6.07) is 21.5. The Morgan fingerprint density at radius 3 is 2.29 bits per heavy atom. The zero-order valence-electron chi connectivity index (χ0n) is 17.2. The predicted octanol–water partition coefficient (Wildman–Crippen LogP) is 6.69. The summed E-state index contributed by atoms with van der Waals surface area (Å²) in [5.41, 5.74) is 7.52. The van der Waals surface area contributed by atoms with Gasteiger partial charge in [-0.25, -0.2) is 0 Å². The zero-order valence-corrected chi connectivity index (χ0v) is 17.2. The first-order valence-electron chi connectivity index (χ1n) is 10.3. The topological polar surface area (TPSA) is 12.9 Å². The fraction of sp³-hybridized carbons (Fsp3) is 0.346. The Bertz CT molecular complexity index is 979. The molecule has 0 unspecified atom stereocenters. The number of benzene rings is 2. The van der Waals surface area contributed by atoms with Gasteiger partial charge >= 0.3 is 0 Å². The first-order valence-corrected chi connectivity index (χ1v) is 10.3. The summed E-state index contributed by atoms with van der Waals surface area (Å²) in [5.74, 6) is 0. The van der Waals surface area contributed by atoms with Crippen LogP contribution >= 0.6 is 0 Å². The van der Waals surface area contributed by atoms with Gasteiger partial charge in [0.25, 0.3) is 0 Å². The number of pyridine rings is 1. The average Bonchev–Trinajstić information content (AvgIpc) is 2.71. The molecule has 0 amide bonds. The lowest BCUT2D eigenvalue weighted by Crippen LogP contribution is -2.35. The molecule has 4 rings (SSSR count). The maximum atomic E-state index is 6.88. The molecule has 0 atom stereocenters. The molecule has 1 aromatic heterocycles. The highest BCUT2D eigenvalue weighted by Gasteiger charge is 2.35. The minimum Gasteiger partial charge on any atom is -0.256 e. The van der Waals surface area contributed by atoms with E-state index in [1.165, 1.54) is 40.7 Å². The fourth-order valence-corrected chi connectivity index (χ4v) is 4.29. The van der Waals surface area contributed by atoms with E-state index in [9.17, 15) is 0 Å². The Kier molecular flexibility index (Phi) is 4.91. The SMILES string of the molecule is [B]C1(c2cccc(-c3ccnc(-c4ccccc4C)c3)c2)CCC(C)(C)CC1. The summed E-state index contributed by atoms with van der Waals surface area (Å²) >= 11 is 0. The van der Waals surface area contributed by atoms with Crippen LogP contribution < -0.4 is 0 Å². The Morgan fingerprint density at radius 1 is 0.821 bits per heavy atom. The highest BCUT2D eigenvalue weighted by molar-refractivity contribution is 6.16. The van der Waals surface area contributed by atoms with Crippen molar-refractivity contribution in [2.75, 3.05) is 0 Å². The molecule has 0 N–H and O–H groups in total. The monoisotopic (exact) mass is 365 g/mol. The summed E-state index contributed by atoms with van der Waals surface area (Å²) in [6.45, 7) is 6.84. The van der Waals surface area contributed by atoms with E-state index in [4.69, 9.17) is 7.85 Å². The summed E-state index contributed by atoms with van der Waals surface area (Å²) < 4.78 is 0. The Morgan fingerprint density at radius 2 is 1.54 bits per heavy atom. The molecule has 1 saturated carbocycles. The molecule has 1 nitrogen and oxygen atoms in total. The van der Waals surface area contributed by atoms with Gasteiger partial charge in [-0.3, -0.25) is 4.98 Å².